The third-order valence-corrected chi connectivity index (χ3v) is 6.16. The fourth-order valence-electron chi connectivity index (χ4n) is 3.42. The molecule has 1 aliphatic rings. The van der Waals surface area contributed by atoms with E-state index in [9.17, 15) is 17.6 Å². The summed E-state index contributed by atoms with van der Waals surface area (Å²) < 4.78 is 54.1. The second kappa shape index (κ2) is 10.4. The minimum absolute atomic E-state index is 0.106. The zero-order valence-electron chi connectivity index (χ0n) is 19.9. The molecule has 12 heteroatoms. The van der Waals surface area contributed by atoms with Crippen LogP contribution in [-0.2, 0) is 24.1 Å². The fraction of sp³-hybridized carbons (Fsp3) is 0.591. The zero-order chi connectivity index (χ0) is 25.1. The highest BCUT2D eigenvalue weighted by Gasteiger charge is 2.29. The summed E-state index contributed by atoms with van der Waals surface area (Å²) >= 11 is 0. The summed E-state index contributed by atoms with van der Waals surface area (Å²) in [6.45, 7) is 8.19. The molecule has 1 aliphatic heterocycles. The Bertz CT molecular complexity index is 1110. The molecule has 3 rings (SSSR count). The number of piperidine rings is 1. The normalized spacial score (nSPS) is 16.9. The number of hydroxylamine groups is 2. The minimum Gasteiger partial charge on any atom is -0.427 e. The third kappa shape index (κ3) is 6.97. The van der Waals surface area contributed by atoms with Gasteiger partial charge in [0.15, 0.2) is 9.84 Å². The maximum absolute atomic E-state index is 14.2. The Balaban J connectivity index is 1.58. The number of hydrogen-bond acceptors (Lipinski definition) is 10. The number of sulfone groups is 1. The Morgan fingerprint density at radius 1 is 1.29 bits per heavy atom. The van der Waals surface area contributed by atoms with E-state index in [2.05, 4.69) is 10.1 Å². The number of benzene rings is 1. The SMILES string of the molecule is CCC(OC1CCN(OC(=O)OC(C)(C)C)CC1)c1nc(-c2ccc(S(C)(=O)=O)c(F)c2)no1. The van der Waals surface area contributed by atoms with Gasteiger partial charge >= 0.3 is 6.16 Å². The van der Waals surface area contributed by atoms with Crippen molar-refractivity contribution in [2.75, 3.05) is 19.3 Å². The van der Waals surface area contributed by atoms with Gasteiger partial charge in [-0.15, -0.1) is 5.06 Å². The first-order valence-electron chi connectivity index (χ1n) is 11.0. The lowest BCUT2D eigenvalue weighted by Crippen LogP contribution is -2.40. The molecule has 1 aromatic heterocycles. The Morgan fingerprint density at radius 3 is 2.53 bits per heavy atom. The molecule has 0 spiro atoms. The summed E-state index contributed by atoms with van der Waals surface area (Å²) in [4.78, 5) is 21.0. The molecule has 2 heterocycles. The molecule has 0 aliphatic carbocycles. The highest BCUT2D eigenvalue weighted by molar-refractivity contribution is 7.90. The molecule has 1 saturated heterocycles. The predicted molar refractivity (Wildman–Crippen MR) is 119 cm³/mol. The lowest BCUT2D eigenvalue weighted by molar-refractivity contribution is -0.170. The van der Waals surface area contributed by atoms with Gasteiger partial charge in [-0.3, -0.25) is 0 Å². The minimum atomic E-state index is -3.68. The molecule has 1 aromatic carbocycles. The molecule has 0 N–H and O–H groups in total. The quantitative estimate of drug-likeness (QED) is 0.515. The molecule has 1 atom stereocenters. The van der Waals surface area contributed by atoms with E-state index in [4.69, 9.17) is 18.8 Å². The molecule has 2 aromatic rings. The number of aromatic nitrogens is 2. The van der Waals surface area contributed by atoms with Gasteiger partial charge in [-0.2, -0.15) is 4.98 Å². The van der Waals surface area contributed by atoms with Crippen LogP contribution in [0.3, 0.4) is 0 Å². The molecule has 188 valence electrons. The van der Waals surface area contributed by atoms with Crippen LogP contribution >= 0.6 is 0 Å². The third-order valence-electron chi connectivity index (χ3n) is 5.03. The van der Waals surface area contributed by atoms with Gasteiger partial charge in [0.25, 0.3) is 5.89 Å². The number of nitrogens with zero attached hydrogens (tertiary/aromatic N) is 3. The van der Waals surface area contributed by atoms with Crippen LogP contribution in [0.5, 0.6) is 0 Å². The van der Waals surface area contributed by atoms with Gasteiger partial charge in [-0.1, -0.05) is 12.1 Å². The van der Waals surface area contributed by atoms with Gasteiger partial charge in [-0.25, -0.2) is 17.6 Å². The number of halogens is 1. The van der Waals surface area contributed by atoms with Crippen LogP contribution in [-0.4, -0.2) is 60.8 Å². The average molecular weight is 500 g/mol. The lowest BCUT2D eigenvalue weighted by atomic mass is 10.1. The van der Waals surface area contributed by atoms with Gasteiger partial charge in [0.05, 0.1) is 6.10 Å². The summed E-state index contributed by atoms with van der Waals surface area (Å²) in [5, 5.41) is 5.44. The molecule has 1 unspecified atom stereocenters. The standard InChI is InChI=1S/C22H30FN3O7S/c1-6-17(30-15-9-11-26(12-10-15)33-21(27)31-22(2,3)4)20-24-19(25-32-20)14-7-8-18(16(23)13-14)34(5,28)29/h7-8,13,15,17H,6,9-12H2,1-5H3. The Morgan fingerprint density at radius 2 is 1.97 bits per heavy atom. The van der Waals surface area contributed by atoms with Crippen LogP contribution in [0.25, 0.3) is 11.4 Å². The summed E-state index contributed by atoms with van der Waals surface area (Å²) in [7, 11) is -3.68. The highest BCUT2D eigenvalue weighted by atomic mass is 32.2. The van der Waals surface area contributed by atoms with Crippen LogP contribution in [0.15, 0.2) is 27.6 Å². The van der Waals surface area contributed by atoms with Crippen molar-refractivity contribution in [2.45, 2.75) is 69.7 Å². The number of hydrogen-bond donors (Lipinski definition) is 0. The van der Waals surface area contributed by atoms with Crippen molar-refractivity contribution in [3.8, 4) is 11.4 Å². The number of rotatable bonds is 7. The second-order valence-electron chi connectivity index (χ2n) is 9.09. The Hall–Kier alpha value is -2.57. The van der Waals surface area contributed by atoms with E-state index in [-0.39, 0.29) is 17.8 Å². The van der Waals surface area contributed by atoms with Crippen LogP contribution in [0.1, 0.15) is 59.0 Å². The van der Waals surface area contributed by atoms with Gasteiger partial charge in [0.1, 0.15) is 22.4 Å². The molecule has 10 nitrogen and oxygen atoms in total. The maximum atomic E-state index is 14.2. The highest BCUT2D eigenvalue weighted by Crippen LogP contribution is 2.28. The predicted octanol–water partition coefficient (Wildman–Crippen LogP) is 4.08. The number of carbonyl (C=O) groups excluding carboxylic acids is 1. The first-order valence-corrected chi connectivity index (χ1v) is 12.9. The van der Waals surface area contributed by atoms with Crippen molar-refractivity contribution < 1.29 is 36.4 Å². The van der Waals surface area contributed by atoms with Crippen LogP contribution in [0.2, 0.25) is 0 Å². The van der Waals surface area contributed by atoms with Gasteiger partial charge in [-0.05, 0) is 58.2 Å². The largest absolute Gasteiger partial charge is 0.528 e. The molecule has 0 bridgehead atoms. The maximum Gasteiger partial charge on any atom is 0.528 e. The van der Waals surface area contributed by atoms with Gasteiger partial charge in [0.2, 0.25) is 5.82 Å². The average Bonchev–Trinajstić information content (AvgIpc) is 3.21. The van der Waals surface area contributed by atoms with E-state index in [0.717, 1.165) is 12.3 Å². The van der Waals surface area contributed by atoms with Crippen molar-refractivity contribution in [2.24, 2.45) is 0 Å². The van der Waals surface area contributed by atoms with Crippen molar-refractivity contribution in [3.05, 3.63) is 29.9 Å². The molecule has 0 saturated carbocycles. The summed E-state index contributed by atoms with van der Waals surface area (Å²) in [6, 6.07) is 3.67. The first kappa shape index (κ1) is 26.0. The molecule has 0 radical (unpaired) electrons. The summed E-state index contributed by atoms with van der Waals surface area (Å²) in [5.74, 6) is -0.496. The van der Waals surface area contributed by atoms with Crippen molar-refractivity contribution in [1.82, 2.24) is 15.2 Å². The summed E-state index contributed by atoms with van der Waals surface area (Å²) in [6.07, 6.45) is 1.44. The molecule has 0 amide bonds. The molecule has 1 fully saturated rings. The summed E-state index contributed by atoms with van der Waals surface area (Å²) in [5.41, 5.74) is -0.334. The van der Waals surface area contributed by atoms with Crippen molar-refractivity contribution >= 4 is 16.0 Å². The van der Waals surface area contributed by atoms with E-state index >= 15 is 0 Å². The first-order chi connectivity index (χ1) is 15.9. The van der Waals surface area contributed by atoms with E-state index in [1.54, 1.807) is 25.8 Å². The molecular formula is C22H30FN3O7S. The van der Waals surface area contributed by atoms with Crippen molar-refractivity contribution in [3.63, 3.8) is 0 Å². The zero-order valence-corrected chi connectivity index (χ0v) is 20.7. The van der Waals surface area contributed by atoms with Crippen LogP contribution < -0.4 is 0 Å². The molecule has 34 heavy (non-hydrogen) atoms. The smallest absolute Gasteiger partial charge is 0.427 e. The fourth-order valence-corrected chi connectivity index (χ4v) is 4.15. The second-order valence-corrected chi connectivity index (χ2v) is 11.1. The molecular weight excluding hydrogens is 469 g/mol. The Kier molecular flexibility index (Phi) is 7.94. The van der Waals surface area contributed by atoms with Gasteiger partial charge in [0, 0.05) is 24.9 Å². The van der Waals surface area contributed by atoms with E-state index in [1.807, 2.05) is 6.92 Å². The van der Waals surface area contributed by atoms with E-state index in [0.29, 0.717) is 37.9 Å². The number of carbonyl (C=O) groups is 1. The van der Waals surface area contributed by atoms with E-state index < -0.39 is 38.4 Å². The Labute approximate surface area is 198 Å². The monoisotopic (exact) mass is 499 g/mol. The van der Waals surface area contributed by atoms with Gasteiger partial charge < -0.3 is 18.8 Å². The van der Waals surface area contributed by atoms with Crippen LogP contribution in [0, 0.1) is 5.82 Å². The lowest BCUT2D eigenvalue weighted by Gasteiger charge is -2.32. The van der Waals surface area contributed by atoms with E-state index in [1.165, 1.54) is 12.1 Å². The van der Waals surface area contributed by atoms with Crippen LogP contribution in [0.4, 0.5) is 9.18 Å². The number of ether oxygens (including phenoxy) is 2. The van der Waals surface area contributed by atoms with Crippen molar-refractivity contribution in [1.29, 1.82) is 0 Å². The topological polar surface area (TPSA) is 121 Å².